The first-order valence-electron chi connectivity index (χ1n) is 4.89. The quantitative estimate of drug-likeness (QED) is 0.837. The average molecular weight is 271 g/mol. The number of aromatic amines is 1. The van der Waals surface area contributed by atoms with Gasteiger partial charge in [0.1, 0.15) is 5.75 Å². The molecule has 0 radical (unpaired) electrons. The van der Waals surface area contributed by atoms with Crippen LogP contribution in [0, 0.1) is 5.82 Å². The lowest BCUT2D eigenvalue weighted by atomic mass is 10.3. The molecular formula is C11H8ClFN2O3. The predicted molar refractivity (Wildman–Crippen MR) is 64.2 cm³/mol. The molecular weight excluding hydrogens is 263 g/mol. The lowest BCUT2D eigenvalue weighted by Gasteiger charge is -2.06. The van der Waals surface area contributed by atoms with E-state index in [1.807, 2.05) is 4.98 Å². The molecule has 1 heterocycles. The fraction of sp³-hybridized carbons (Fsp3) is 0.0909. The van der Waals surface area contributed by atoms with Crippen LogP contribution in [-0.2, 0) is 0 Å². The summed E-state index contributed by atoms with van der Waals surface area (Å²) < 4.78 is 19.0. The Morgan fingerprint density at radius 1 is 1.39 bits per heavy atom. The predicted octanol–water partition coefficient (Wildman–Crippen LogP) is 1.33. The summed E-state index contributed by atoms with van der Waals surface area (Å²) in [5, 5.41) is -0.607. The Balaban J connectivity index is 2.75. The van der Waals surface area contributed by atoms with Crippen molar-refractivity contribution in [3.63, 3.8) is 0 Å². The Morgan fingerprint density at radius 2 is 2.11 bits per heavy atom. The van der Waals surface area contributed by atoms with Gasteiger partial charge in [-0.15, -0.1) is 0 Å². The molecule has 0 bridgehead atoms. The van der Waals surface area contributed by atoms with Crippen LogP contribution in [0.4, 0.5) is 4.39 Å². The maximum absolute atomic E-state index is 13.4. The summed E-state index contributed by atoms with van der Waals surface area (Å²) in [6.07, 6.45) is 0. The van der Waals surface area contributed by atoms with Gasteiger partial charge in [-0.25, -0.2) is 9.36 Å². The first-order valence-corrected chi connectivity index (χ1v) is 5.27. The van der Waals surface area contributed by atoms with Crippen LogP contribution < -0.4 is 16.0 Å². The summed E-state index contributed by atoms with van der Waals surface area (Å²) in [6, 6.07) is 6.12. The molecule has 0 aliphatic rings. The van der Waals surface area contributed by atoms with Gasteiger partial charge in [-0.05, 0) is 12.1 Å². The first kappa shape index (κ1) is 12.4. The molecule has 2 aromatic rings. The minimum absolute atomic E-state index is 0.191. The maximum atomic E-state index is 13.4. The van der Waals surface area contributed by atoms with Crippen LogP contribution >= 0.6 is 11.6 Å². The van der Waals surface area contributed by atoms with Crippen molar-refractivity contribution in [2.45, 2.75) is 0 Å². The Kier molecular flexibility index (Phi) is 3.20. The normalized spacial score (nSPS) is 10.4. The maximum Gasteiger partial charge on any atom is 0.334 e. The largest absolute Gasteiger partial charge is 0.497 e. The number of hydrogen-bond donors (Lipinski definition) is 1. The molecule has 1 N–H and O–H groups in total. The van der Waals surface area contributed by atoms with E-state index in [0.29, 0.717) is 10.3 Å². The van der Waals surface area contributed by atoms with Crippen LogP contribution in [0.5, 0.6) is 5.75 Å². The second kappa shape index (κ2) is 4.66. The summed E-state index contributed by atoms with van der Waals surface area (Å²) >= 11 is 5.37. The van der Waals surface area contributed by atoms with E-state index in [1.165, 1.54) is 19.2 Å². The van der Waals surface area contributed by atoms with Crippen molar-refractivity contribution in [3.8, 4) is 11.4 Å². The molecule has 0 fully saturated rings. The van der Waals surface area contributed by atoms with E-state index in [4.69, 9.17) is 16.3 Å². The van der Waals surface area contributed by atoms with Crippen molar-refractivity contribution >= 4 is 11.6 Å². The van der Waals surface area contributed by atoms with Crippen LogP contribution in [0.25, 0.3) is 5.69 Å². The minimum Gasteiger partial charge on any atom is -0.497 e. The molecule has 0 aliphatic heterocycles. The minimum atomic E-state index is -1.21. The van der Waals surface area contributed by atoms with Gasteiger partial charge in [0.15, 0.2) is 5.15 Å². The van der Waals surface area contributed by atoms with Gasteiger partial charge in [0.05, 0.1) is 12.8 Å². The zero-order chi connectivity index (χ0) is 13.3. The topological polar surface area (TPSA) is 64.1 Å². The molecule has 0 saturated carbocycles. The molecule has 0 aliphatic carbocycles. The first-order chi connectivity index (χ1) is 8.54. The number of ether oxygens (including phenoxy) is 1. The van der Waals surface area contributed by atoms with Crippen molar-refractivity contribution in [1.29, 1.82) is 0 Å². The number of rotatable bonds is 2. The lowest BCUT2D eigenvalue weighted by molar-refractivity contribution is 0.414. The zero-order valence-electron chi connectivity index (χ0n) is 9.24. The van der Waals surface area contributed by atoms with Crippen LogP contribution in [0.1, 0.15) is 0 Å². The molecule has 7 heteroatoms. The Hall–Kier alpha value is -2.08. The Bertz CT molecular complexity index is 708. The number of nitrogens with zero attached hydrogens (tertiary/aromatic N) is 1. The molecule has 0 unspecified atom stereocenters. The van der Waals surface area contributed by atoms with Gasteiger partial charge in [-0.1, -0.05) is 17.7 Å². The van der Waals surface area contributed by atoms with Crippen molar-refractivity contribution in [3.05, 3.63) is 56.1 Å². The van der Waals surface area contributed by atoms with E-state index in [1.54, 1.807) is 12.1 Å². The third-order valence-electron chi connectivity index (χ3n) is 2.31. The molecule has 0 spiro atoms. The average Bonchev–Trinajstić information content (AvgIpc) is 2.36. The lowest BCUT2D eigenvalue weighted by Crippen LogP contribution is -2.35. The second-order valence-corrected chi connectivity index (χ2v) is 3.78. The van der Waals surface area contributed by atoms with Gasteiger partial charge < -0.3 is 4.74 Å². The van der Waals surface area contributed by atoms with Gasteiger partial charge in [0, 0.05) is 6.07 Å². The molecule has 5 nitrogen and oxygen atoms in total. The SMILES string of the molecule is COc1cccc(-n2c(=O)[nH]c(Cl)c(F)c2=O)c1. The fourth-order valence-electron chi connectivity index (χ4n) is 1.47. The van der Waals surface area contributed by atoms with Crippen LogP contribution in [0.3, 0.4) is 0 Å². The highest BCUT2D eigenvalue weighted by atomic mass is 35.5. The third-order valence-corrected chi connectivity index (χ3v) is 2.58. The summed E-state index contributed by atoms with van der Waals surface area (Å²) in [7, 11) is 1.44. The standard InChI is InChI=1S/C11H8ClFN2O3/c1-18-7-4-2-3-6(5-7)15-10(16)8(13)9(12)14-11(15)17/h2-5H,1H3,(H,14,17). The molecule has 0 saturated heterocycles. The van der Waals surface area contributed by atoms with Gasteiger partial charge in [0.2, 0.25) is 5.82 Å². The number of methoxy groups -OCH3 is 1. The highest BCUT2D eigenvalue weighted by Crippen LogP contribution is 2.14. The molecule has 18 heavy (non-hydrogen) atoms. The molecule has 1 aromatic carbocycles. The Labute approximate surface area is 105 Å². The van der Waals surface area contributed by atoms with E-state index < -0.39 is 22.2 Å². The second-order valence-electron chi connectivity index (χ2n) is 3.40. The van der Waals surface area contributed by atoms with E-state index in [9.17, 15) is 14.0 Å². The van der Waals surface area contributed by atoms with E-state index in [2.05, 4.69) is 0 Å². The van der Waals surface area contributed by atoms with Crippen LogP contribution in [-0.4, -0.2) is 16.7 Å². The molecule has 0 amide bonds. The number of nitrogens with one attached hydrogen (secondary N) is 1. The number of H-pyrrole nitrogens is 1. The number of aromatic nitrogens is 2. The molecule has 1 aromatic heterocycles. The zero-order valence-corrected chi connectivity index (χ0v) is 9.99. The molecule has 2 rings (SSSR count). The van der Waals surface area contributed by atoms with E-state index in [0.717, 1.165) is 0 Å². The van der Waals surface area contributed by atoms with E-state index in [-0.39, 0.29) is 5.69 Å². The van der Waals surface area contributed by atoms with Crippen molar-refractivity contribution < 1.29 is 9.13 Å². The van der Waals surface area contributed by atoms with Gasteiger partial charge in [-0.2, -0.15) is 4.39 Å². The van der Waals surface area contributed by atoms with Crippen molar-refractivity contribution in [2.75, 3.05) is 7.11 Å². The summed E-state index contributed by atoms with van der Waals surface area (Å²) in [5.74, 6) is -0.770. The van der Waals surface area contributed by atoms with Crippen LogP contribution in [0.15, 0.2) is 33.9 Å². The summed E-state index contributed by atoms with van der Waals surface area (Å²) in [6.45, 7) is 0. The van der Waals surface area contributed by atoms with Gasteiger partial charge in [0.25, 0.3) is 5.56 Å². The highest BCUT2D eigenvalue weighted by Gasteiger charge is 2.13. The highest BCUT2D eigenvalue weighted by molar-refractivity contribution is 6.29. The number of benzene rings is 1. The van der Waals surface area contributed by atoms with Crippen molar-refractivity contribution in [1.82, 2.24) is 9.55 Å². The third kappa shape index (κ3) is 2.02. The van der Waals surface area contributed by atoms with E-state index >= 15 is 0 Å². The van der Waals surface area contributed by atoms with Gasteiger partial charge >= 0.3 is 5.69 Å². The van der Waals surface area contributed by atoms with Crippen molar-refractivity contribution in [2.24, 2.45) is 0 Å². The van der Waals surface area contributed by atoms with Crippen LogP contribution in [0.2, 0.25) is 5.15 Å². The number of hydrogen-bond acceptors (Lipinski definition) is 3. The number of halogens is 2. The van der Waals surface area contributed by atoms with Gasteiger partial charge in [-0.3, -0.25) is 9.78 Å². The summed E-state index contributed by atoms with van der Waals surface area (Å²) in [4.78, 5) is 25.3. The molecule has 0 atom stereocenters. The Morgan fingerprint density at radius 3 is 2.78 bits per heavy atom. The monoisotopic (exact) mass is 270 g/mol. The fourth-order valence-corrected chi connectivity index (χ4v) is 1.63. The molecule has 94 valence electrons. The summed E-state index contributed by atoms with van der Waals surface area (Å²) in [5.41, 5.74) is -1.74. The smallest absolute Gasteiger partial charge is 0.334 e.